The van der Waals surface area contributed by atoms with Crippen LogP contribution < -0.4 is 14.8 Å². The minimum absolute atomic E-state index is 0.0383. The summed E-state index contributed by atoms with van der Waals surface area (Å²) in [5.74, 6) is -1.17. The smallest absolute Gasteiger partial charge is 0.454 e. The highest BCUT2D eigenvalue weighted by molar-refractivity contribution is 6.31. The normalized spacial score (nSPS) is 13.6. The van der Waals surface area contributed by atoms with Gasteiger partial charge in [0, 0.05) is 35.1 Å². The Morgan fingerprint density at radius 1 is 1.12 bits per heavy atom. The summed E-state index contributed by atoms with van der Waals surface area (Å²) in [7, 11) is 0. The number of nitrogens with zero attached hydrogens (tertiary/aromatic N) is 1. The molecule has 2 heterocycles. The number of benzene rings is 2. The lowest BCUT2D eigenvalue weighted by Crippen LogP contribution is -2.27. The highest BCUT2D eigenvalue weighted by atomic mass is 35.5. The Morgan fingerprint density at radius 3 is 2.52 bits per heavy atom. The maximum absolute atomic E-state index is 13.0. The lowest BCUT2D eigenvalue weighted by molar-refractivity contribution is -0.121. The molecule has 6 nitrogen and oxygen atoms in total. The quantitative estimate of drug-likeness (QED) is 0.531. The van der Waals surface area contributed by atoms with E-state index in [9.17, 15) is 22.8 Å². The molecule has 1 aliphatic rings. The number of halogens is 4. The Morgan fingerprint density at radius 2 is 1.82 bits per heavy atom. The van der Waals surface area contributed by atoms with Gasteiger partial charge in [0.05, 0.1) is 18.8 Å². The topological polar surface area (TPSA) is 69.6 Å². The van der Waals surface area contributed by atoms with Gasteiger partial charge in [0.1, 0.15) is 6.54 Å². The SMILES string of the molecule is Cc1cc2c(cc1CNC(=O)Cn1cc(C(=O)C(F)(F)F)c3cc(Cl)ccc31)OCCCO2. The van der Waals surface area contributed by atoms with E-state index in [1.165, 1.54) is 22.8 Å². The summed E-state index contributed by atoms with van der Waals surface area (Å²) in [6, 6.07) is 7.91. The number of fused-ring (bicyclic) bond motifs is 2. The van der Waals surface area contributed by atoms with E-state index in [2.05, 4.69) is 5.32 Å². The summed E-state index contributed by atoms with van der Waals surface area (Å²) < 4.78 is 51.7. The third-order valence-corrected chi connectivity index (χ3v) is 5.58. The van der Waals surface area contributed by atoms with Gasteiger partial charge in [-0.15, -0.1) is 0 Å². The molecule has 0 saturated heterocycles. The van der Waals surface area contributed by atoms with Crippen LogP contribution in [0, 0.1) is 6.92 Å². The number of ether oxygens (including phenoxy) is 2. The Hall–Kier alpha value is -3.20. The Balaban J connectivity index is 1.53. The van der Waals surface area contributed by atoms with Crippen molar-refractivity contribution in [3.8, 4) is 11.5 Å². The fourth-order valence-corrected chi connectivity index (χ4v) is 3.85. The van der Waals surface area contributed by atoms with Crippen LogP contribution in [0.3, 0.4) is 0 Å². The number of carbonyl (C=O) groups excluding carboxylic acids is 2. The zero-order valence-electron chi connectivity index (χ0n) is 17.6. The molecule has 1 aromatic heterocycles. The average Bonchev–Trinajstić information content (AvgIpc) is 2.92. The summed E-state index contributed by atoms with van der Waals surface area (Å²) in [6.45, 7) is 2.91. The van der Waals surface area contributed by atoms with Crippen LogP contribution in [-0.2, 0) is 17.9 Å². The number of aromatic nitrogens is 1. The fourth-order valence-electron chi connectivity index (χ4n) is 3.68. The number of alkyl halides is 3. The van der Waals surface area contributed by atoms with Crippen molar-refractivity contribution < 1.29 is 32.2 Å². The van der Waals surface area contributed by atoms with Crippen LogP contribution in [0.1, 0.15) is 27.9 Å². The molecule has 1 N–H and O–H groups in total. The Bertz CT molecular complexity index is 1240. The Labute approximate surface area is 192 Å². The summed E-state index contributed by atoms with van der Waals surface area (Å²) >= 11 is 5.92. The summed E-state index contributed by atoms with van der Waals surface area (Å²) in [5.41, 5.74) is 1.48. The van der Waals surface area contributed by atoms with E-state index in [1.807, 2.05) is 19.1 Å². The molecule has 0 saturated carbocycles. The number of Topliss-reactive ketones (excluding diaryl/α,β-unsaturated/α-hetero) is 1. The van der Waals surface area contributed by atoms with Crippen LogP contribution in [0.2, 0.25) is 5.02 Å². The highest BCUT2D eigenvalue weighted by Gasteiger charge is 2.41. The largest absolute Gasteiger partial charge is 0.490 e. The van der Waals surface area contributed by atoms with Crippen molar-refractivity contribution in [3.63, 3.8) is 0 Å². The highest BCUT2D eigenvalue weighted by Crippen LogP contribution is 2.33. The number of hydrogen-bond acceptors (Lipinski definition) is 4. The molecule has 2 aromatic carbocycles. The third kappa shape index (κ3) is 4.93. The van der Waals surface area contributed by atoms with E-state index >= 15 is 0 Å². The van der Waals surface area contributed by atoms with Gasteiger partial charge in [-0.3, -0.25) is 9.59 Å². The predicted octanol–water partition coefficient (Wildman–Crippen LogP) is 4.83. The van der Waals surface area contributed by atoms with Gasteiger partial charge in [0.2, 0.25) is 5.91 Å². The second-order valence-electron chi connectivity index (χ2n) is 7.71. The first-order valence-corrected chi connectivity index (χ1v) is 10.6. The van der Waals surface area contributed by atoms with Crippen molar-refractivity contribution >= 4 is 34.2 Å². The maximum Gasteiger partial charge on any atom is 0.454 e. The van der Waals surface area contributed by atoms with Crippen molar-refractivity contribution in [1.82, 2.24) is 9.88 Å². The zero-order chi connectivity index (χ0) is 23.8. The first-order valence-electron chi connectivity index (χ1n) is 10.2. The first kappa shape index (κ1) is 23.0. The molecule has 10 heteroatoms. The molecule has 0 atom stereocenters. The fraction of sp³-hybridized carbons (Fsp3) is 0.304. The van der Waals surface area contributed by atoms with Crippen LogP contribution in [-0.4, -0.2) is 35.6 Å². The molecular weight excluding hydrogens is 461 g/mol. The number of aryl methyl sites for hydroxylation is 1. The lowest BCUT2D eigenvalue weighted by Gasteiger charge is -2.13. The zero-order valence-corrected chi connectivity index (χ0v) is 18.3. The summed E-state index contributed by atoms with van der Waals surface area (Å²) in [6.07, 6.45) is -3.23. The van der Waals surface area contributed by atoms with E-state index in [1.54, 1.807) is 0 Å². The van der Waals surface area contributed by atoms with Gasteiger partial charge in [-0.1, -0.05) is 11.6 Å². The van der Waals surface area contributed by atoms with Crippen LogP contribution in [0.5, 0.6) is 11.5 Å². The number of carbonyl (C=O) groups is 2. The van der Waals surface area contributed by atoms with Gasteiger partial charge in [-0.05, 0) is 48.4 Å². The van der Waals surface area contributed by atoms with Gasteiger partial charge in [0.25, 0.3) is 5.78 Å². The molecule has 0 fully saturated rings. The molecular formula is C23H20ClF3N2O4. The van der Waals surface area contributed by atoms with E-state index in [4.69, 9.17) is 21.1 Å². The van der Waals surface area contributed by atoms with E-state index < -0.39 is 23.4 Å². The van der Waals surface area contributed by atoms with Crippen molar-refractivity contribution in [1.29, 1.82) is 0 Å². The van der Waals surface area contributed by atoms with Crippen LogP contribution in [0.15, 0.2) is 36.5 Å². The van der Waals surface area contributed by atoms with Crippen molar-refractivity contribution in [2.75, 3.05) is 13.2 Å². The molecule has 0 radical (unpaired) electrons. The molecule has 33 heavy (non-hydrogen) atoms. The summed E-state index contributed by atoms with van der Waals surface area (Å²) in [4.78, 5) is 24.5. The first-order chi connectivity index (χ1) is 15.6. The average molecular weight is 481 g/mol. The van der Waals surface area contributed by atoms with Gasteiger partial charge in [-0.2, -0.15) is 13.2 Å². The number of rotatable bonds is 5. The minimum atomic E-state index is -5.04. The molecule has 3 aromatic rings. The third-order valence-electron chi connectivity index (χ3n) is 5.34. The molecule has 1 aliphatic heterocycles. The summed E-state index contributed by atoms with van der Waals surface area (Å²) in [5, 5.41) is 2.99. The van der Waals surface area contributed by atoms with Crippen LogP contribution >= 0.6 is 11.6 Å². The number of ketones is 1. The minimum Gasteiger partial charge on any atom is -0.490 e. The Kier molecular flexibility index (Phi) is 6.25. The van der Waals surface area contributed by atoms with Gasteiger partial charge >= 0.3 is 6.18 Å². The predicted molar refractivity (Wildman–Crippen MR) is 116 cm³/mol. The van der Waals surface area contributed by atoms with Crippen molar-refractivity contribution in [2.45, 2.75) is 32.6 Å². The molecule has 0 aliphatic carbocycles. The molecule has 0 unspecified atom stereocenters. The van der Waals surface area contributed by atoms with Gasteiger partial charge in [-0.25, -0.2) is 0 Å². The monoisotopic (exact) mass is 480 g/mol. The van der Waals surface area contributed by atoms with E-state index in [-0.39, 0.29) is 23.5 Å². The standard InChI is InChI=1S/C23H20ClF3N2O4/c1-13-7-19-20(33-6-2-5-32-19)8-14(13)10-28-21(30)12-29-11-17(22(31)23(25,26)27)16-9-15(24)3-4-18(16)29/h3-4,7-9,11H,2,5-6,10,12H2,1H3,(H,28,30). The van der Waals surface area contributed by atoms with E-state index in [0.717, 1.165) is 23.7 Å². The van der Waals surface area contributed by atoms with Gasteiger partial charge in [0.15, 0.2) is 11.5 Å². The van der Waals surface area contributed by atoms with Gasteiger partial charge < -0.3 is 19.4 Å². The molecule has 4 rings (SSSR count). The molecule has 0 bridgehead atoms. The van der Waals surface area contributed by atoms with Crippen molar-refractivity contribution in [2.24, 2.45) is 0 Å². The number of hydrogen-bond donors (Lipinski definition) is 1. The number of nitrogens with one attached hydrogen (secondary N) is 1. The lowest BCUT2D eigenvalue weighted by atomic mass is 10.1. The second kappa shape index (κ2) is 8.97. The molecule has 0 spiro atoms. The maximum atomic E-state index is 13.0. The van der Waals surface area contributed by atoms with Crippen molar-refractivity contribution in [3.05, 3.63) is 58.2 Å². The molecule has 1 amide bonds. The second-order valence-corrected chi connectivity index (χ2v) is 8.15. The van der Waals surface area contributed by atoms with Crippen LogP contribution in [0.25, 0.3) is 10.9 Å². The van der Waals surface area contributed by atoms with Crippen LogP contribution in [0.4, 0.5) is 13.2 Å². The number of amides is 1. The molecule has 174 valence electrons. The van der Waals surface area contributed by atoms with E-state index in [0.29, 0.717) is 30.2 Å².